The topological polar surface area (TPSA) is 126 Å². The van der Waals surface area contributed by atoms with Crippen LogP contribution in [-0.2, 0) is 16.0 Å². The Bertz CT molecular complexity index is 1340. The molecule has 174 valence electrons. The van der Waals surface area contributed by atoms with Crippen molar-refractivity contribution in [3.05, 3.63) is 87.8 Å². The number of carbonyl (C=O) groups excluding carboxylic acids is 2. The Morgan fingerprint density at radius 3 is 2.50 bits per heavy atom. The van der Waals surface area contributed by atoms with Gasteiger partial charge in [-0.2, -0.15) is 0 Å². The predicted octanol–water partition coefficient (Wildman–Crippen LogP) is 3.60. The SMILES string of the molecule is COC(=O)c1csc(NC(=O)[C@H](CCc2ccccc2)n2c(O)c(-c3ccccc3)[nH]c2=O)n1. The number of aromatic hydroxyl groups is 1. The van der Waals surface area contributed by atoms with E-state index < -0.39 is 23.6 Å². The van der Waals surface area contributed by atoms with Crippen LogP contribution >= 0.6 is 11.3 Å². The first-order valence-corrected chi connectivity index (χ1v) is 11.3. The zero-order valence-electron chi connectivity index (χ0n) is 18.2. The van der Waals surface area contributed by atoms with Crippen LogP contribution in [0, 0.1) is 0 Å². The highest BCUT2D eigenvalue weighted by Crippen LogP contribution is 2.30. The van der Waals surface area contributed by atoms with E-state index in [1.807, 2.05) is 36.4 Å². The van der Waals surface area contributed by atoms with Crippen LogP contribution in [0.25, 0.3) is 11.3 Å². The molecule has 0 spiro atoms. The number of nitrogens with one attached hydrogen (secondary N) is 2. The summed E-state index contributed by atoms with van der Waals surface area (Å²) < 4.78 is 5.70. The summed E-state index contributed by atoms with van der Waals surface area (Å²) in [5.74, 6) is -1.50. The molecule has 4 rings (SSSR count). The summed E-state index contributed by atoms with van der Waals surface area (Å²) >= 11 is 1.06. The Morgan fingerprint density at radius 1 is 1.15 bits per heavy atom. The number of methoxy groups -OCH3 is 1. The molecule has 4 aromatic rings. The molecule has 0 radical (unpaired) electrons. The Kier molecular flexibility index (Phi) is 6.88. The third kappa shape index (κ3) is 4.91. The highest BCUT2D eigenvalue weighted by Gasteiger charge is 2.28. The van der Waals surface area contributed by atoms with Crippen LogP contribution < -0.4 is 11.0 Å². The van der Waals surface area contributed by atoms with E-state index in [0.29, 0.717) is 12.0 Å². The van der Waals surface area contributed by atoms with Crippen molar-refractivity contribution in [2.75, 3.05) is 12.4 Å². The normalized spacial score (nSPS) is 11.7. The molecule has 0 bridgehead atoms. The standard InChI is InChI=1S/C24H22N4O5S/c1-33-22(31)17-14-34-23(25-17)27-20(29)18(13-12-15-8-4-2-5-9-15)28-21(30)19(26-24(28)32)16-10-6-3-7-11-16/h2-11,14,18,30H,12-13H2,1H3,(H,26,32)(H,25,27,29)/t18-/m0/s1. The second-order valence-electron chi connectivity index (χ2n) is 7.42. The lowest BCUT2D eigenvalue weighted by Crippen LogP contribution is -2.32. The van der Waals surface area contributed by atoms with Crippen molar-refractivity contribution in [1.29, 1.82) is 0 Å². The number of aromatic amines is 1. The number of amides is 1. The fraction of sp³-hybridized carbons (Fsp3) is 0.167. The maximum absolute atomic E-state index is 13.3. The van der Waals surface area contributed by atoms with Crippen LogP contribution in [0.1, 0.15) is 28.5 Å². The summed E-state index contributed by atoms with van der Waals surface area (Å²) in [6.45, 7) is 0. The summed E-state index contributed by atoms with van der Waals surface area (Å²) in [5, 5.41) is 15.2. The van der Waals surface area contributed by atoms with Crippen molar-refractivity contribution >= 4 is 28.3 Å². The van der Waals surface area contributed by atoms with Gasteiger partial charge in [-0.1, -0.05) is 60.7 Å². The highest BCUT2D eigenvalue weighted by atomic mass is 32.1. The number of hydrogen-bond acceptors (Lipinski definition) is 7. The number of benzene rings is 2. The van der Waals surface area contributed by atoms with E-state index in [-0.39, 0.29) is 28.8 Å². The molecule has 0 unspecified atom stereocenters. The molecule has 2 aromatic carbocycles. The third-order valence-corrected chi connectivity index (χ3v) is 6.02. The lowest BCUT2D eigenvalue weighted by atomic mass is 10.0. The Balaban J connectivity index is 1.66. The van der Waals surface area contributed by atoms with Gasteiger partial charge in [0.2, 0.25) is 11.8 Å². The van der Waals surface area contributed by atoms with Crippen LogP contribution in [0.3, 0.4) is 0 Å². The number of rotatable bonds is 8. The Labute approximate surface area is 198 Å². The number of aromatic nitrogens is 3. The van der Waals surface area contributed by atoms with Crippen LogP contribution in [-0.4, -0.2) is 38.6 Å². The Hall–Kier alpha value is -4.18. The molecule has 3 N–H and O–H groups in total. The number of imidazole rings is 1. The smallest absolute Gasteiger partial charge is 0.357 e. The number of H-pyrrole nitrogens is 1. The second kappa shape index (κ2) is 10.2. The van der Waals surface area contributed by atoms with Gasteiger partial charge in [0.25, 0.3) is 0 Å². The highest BCUT2D eigenvalue weighted by molar-refractivity contribution is 7.14. The van der Waals surface area contributed by atoms with Crippen LogP contribution in [0.4, 0.5) is 5.13 Å². The van der Waals surface area contributed by atoms with E-state index in [1.54, 1.807) is 24.3 Å². The van der Waals surface area contributed by atoms with Gasteiger partial charge in [0.15, 0.2) is 10.8 Å². The molecule has 0 aliphatic rings. The minimum atomic E-state index is -1.04. The predicted molar refractivity (Wildman–Crippen MR) is 128 cm³/mol. The maximum Gasteiger partial charge on any atom is 0.357 e. The Morgan fingerprint density at radius 2 is 1.82 bits per heavy atom. The molecule has 0 fully saturated rings. The lowest BCUT2D eigenvalue weighted by molar-refractivity contribution is -0.119. The molecule has 1 atom stereocenters. The molecule has 34 heavy (non-hydrogen) atoms. The summed E-state index contributed by atoms with van der Waals surface area (Å²) in [4.78, 5) is 44.6. The van der Waals surface area contributed by atoms with Gasteiger partial charge in [0.1, 0.15) is 11.7 Å². The molecule has 10 heteroatoms. The van der Waals surface area contributed by atoms with E-state index >= 15 is 0 Å². The zero-order chi connectivity index (χ0) is 24.1. The number of hydrogen-bond donors (Lipinski definition) is 3. The van der Waals surface area contributed by atoms with Gasteiger partial charge < -0.3 is 20.1 Å². The van der Waals surface area contributed by atoms with Crippen molar-refractivity contribution in [2.45, 2.75) is 18.9 Å². The van der Waals surface area contributed by atoms with E-state index in [1.165, 1.54) is 12.5 Å². The first kappa shape index (κ1) is 23.0. The number of anilines is 1. The average Bonchev–Trinajstić information content (AvgIpc) is 3.44. The lowest BCUT2D eigenvalue weighted by Gasteiger charge is -2.18. The van der Waals surface area contributed by atoms with Crippen molar-refractivity contribution < 1.29 is 19.4 Å². The van der Waals surface area contributed by atoms with E-state index in [2.05, 4.69) is 20.0 Å². The minimum Gasteiger partial charge on any atom is -0.493 e. The van der Waals surface area contributed by atoms with Crippen molar-refractivity contribution in [3.63, 3.8) is 0 Å². The van der Waals surface area contributed by atoms with Gasteiger partial charge in [-0.25, -0.2) is 14.6 Å². The van der Waals surface area contributed by atoms with E-state index in [9.17, 15) is 19.5 Å². The van der Waals surface area contributed by atoms with Gasteiger partial charge in [-0.15, -0.1) is 11.3 Å². The summed E-state index contributed by atoms with van der Waals surface area (Å²) in [6.07, 6.45) is 0.729. The molecule has 9 nitrogen and oxygen atoms in total. The van der Waals surface area contributed by atoms with Crippen molar-refractivity contribution in [3.8, 4) is 17.1 Å². The van der Waals surface area contributed by atoms with Crippen LogP contribution in [0.5, 0.6) is 5.88 Å². The first-order valence-electron chi connectivity index (χ1n) is 10.5. The second-order valence-corrected chi connectivity index (χ2v) is 8.28. The maximum atomic E-state index is 13.3. The summed E-state index contributed by atoms with van der Waals surface area (Å²) in [7, 11) is 1.24. The van der Waals surface area contributed by atoms with E-state index in [0.717, 1.165) is 21.5 Å². The van der Waals surface area contributed by atoms with Crippen molar-refractivity contribution in [1.82, 2.24) is 14.5 Å². The first-order chi connectivity index (χ1) is 16.5. The molecule has 1 amide bonds. The molecular weight excluding hydrogens is 456 g/mol. The number of thiazole rings is 1. The van der Waals surface area contributed by atoms with Gasteiger partial charge >= 0.3 is 11.7 Å². The monoisotopic (exact) mass is 478 g/mol. The molecule has 0 saturated carbocycles. The van der Waals surface area contributed by atoms with Gasteiger partial charge in [-0.3, -0.25) is 9.36 Å². The molecule has 0 saturated heterocycles. The fourth-order valence-corrected chi connectivity index (χ4v) is 4.26. The van der Waals surface area contributed by atoms with Gasteiger partial charge in [-0.05, 0) is 18.4 Å². The van der Waals surface area contributed by atoms with E-state index in [4.69, 9.17) is 0 Å². The number of ether oxygens (including phenoxy) is 1. The summed E-state index contributed by atoms with van der Waals surface area (Å²) in [6, 6.07) is 17.4. The third-order valence-electron chi connectivity index (χ3n) is 5.26. The zero-order valence-corrected chi connectivity index (χ0v) is 19.0. The van der Waals surface area contributed by atoms with Crippen LogP contribution in [0.2, 0.25) is 0 Å². The molecule has 2 heterocycles. The number of aryl methyl sites for hydroxylation is 1. The quantitative estimate of drug-likeness (QED) is 0.332. The fourth-order valence-electron chi connectivity index (χ4n) is 3.58. The largest absolute Gasteiger partial charge is 0.493 e. The molecule has 0 aliphatic heterocycles. The van der Waals surface area contributed by atoms with Crippen molar-refractivity contribution in [2.24, 2.45) is 0 Å². The molecule has 0 aliphatic carbocycles. The molecular formula is C24H22N4O5S. The average molecular weight is 479 g/mol. The number of esters is 1. The number of nitrogens with zero attached hydrogens (tertiary/aromatic N) is 2. The van der Waals surface area contributed by atoms with Crippen LogP contribution in [0.15, 0.2) is 70.8 Å². The van der Waals surface area contributed by atoms with Gasteiger partial charge in [0.05, 0.1) is 7.11 Å². The number of carbonyl (C=O) groups is 2. The van der Waals surface area contributed by atoms with Gasteiger partial charge in [0, 0.05) is 10.9 Å². The molecule has 2 aromatic heterocycles. The minimum absolute atomic E-state index is 0.0664. The summed E-state index contributed by atoms with van der Waals surface area (Å²) in [5.41, 5.74) is 1.27.